The highest BCUT2D eigenvalue weighted by Crippen LogP contribution is 2.15. The Balaban J connectivity index is 2.14. The van der Waals surface area contributed by atoms with Crippen LogP contribution >= 0.6 is 0 Å². The van der Waals surface area contributed by atoms with Gasteiger partial charge in [-0.1, -0.05) is 30.3 Å². The summed E-state index contributed by atoms with van der Waals surface area (Å²) in [6.45, 7) is 0.198. The molecule has 7 nitrogen and oxygen atoms in total. The molecule has 0 saturated carbocycles. The third-order valence-corrected chi connectivity index (χ3v) is 3.45. The van der Waals surface area contributed by atoms with E-state index in [0.717, 1.165) is 5.56 Å². The third-order valence-electron chi connectivity index (χ3n) is 3.45. The minimum absolute atomic E-state index is 0.0455. The monoisotopic (exact) mass is 305 g/mol. The molecule has 118 valence electrons. The lowest BCUT2D eigenvalue weighted by atomic mass is 10.1. The summed E-state index contributed by atoms with van der Waals surface area (Å²) >= 11 is 0. The van der Waals surface area contributed by atoms with Crippen LogP contribution in [-0.4, -0.2) is 60.4 Å². The van der Waals surface area contributed by atoms with Crippen molar-refractivity contribution < 1.29 is 19.1 Å². The van der Waals surface area contributed by atoms with E-state index in [2.05, 4.69) is 0 Å². The number of carbonyl (C=O) groups excluding carboxylic acids is 3. The number of hydrogen-bond acceptors (Lipinski definition) is 4. The van der Waals surface area contributed by atoms with Crippen LogP contribution in [0.3, 0.4) is 0 Å². The van der Waals surface area contributed by atoms with E-state index >= 15 is 0 Å². The van der Waals surface area contributed by atoms with E-state index < -0.39 is 11.9 Å². The van der Waals surface area contributed by atoms with Gasteiger partial charge in [-0.2, -0.15) is 0 Å². The average molecular weight is 305 g/mol. The topological polar surface area (TPSA) is 92.9 Å². The smallest absolute Gasteiger partial charge is 0.249 e. The number of nitrogens with two attached hydrogens (primary N) is 1. The lowest BCUT2D eigenvalue weighted by Crippen LogP contribution is -2.56. The molecule has 0 aliphatic carbocycles. The van der Waals surface area contributed by atoms with E-state index in [9.17, 15) is 14.4 Å². The predicted molar refractivity (Wildman–Crippen MR) is 78.4 cm³/mol. The van der Waals surface area contributed by atoms with E-state index in [4.69, 9.17) is 10.5 Å². The van der Waals surface area contributed by atoms with Gasteiger partial charge in [-0.05, 0) is 5.56 Å². The van der Waals surface area contributed by atoms with Crippen molar-refractivity contribution in [2.75, 3.05) is 26.8 Å². The van der Waals surface area contributed by atoms with Crippen LogP contribution in [-0.2, 0) is 25.7 Å². The number of likely N-dealkylation sites (N-methyl/N-ethyl adjacent to an activating group) is 1. The van der Waals surface area contributed by atoms with Gasteiger partial charge in [-0.15, -0.1) is 0 Å². The van der Waals surface area contributed by atoms with Crippen molar-refractivity contribution in [3.05, 3.63) is 35.9 Å². The van der Waals surface area contributed by atoms with Gasteiger partial charge in [-0.25, -0.2) is 0 Å². The summed E-state index contributed by atoms with van der Waals surface area (Å²) in [4.78, 5) is 38.2. The second-order valence-corrected chi connectivity index (χ2v) is 5.20. The Kier molecular flexibility index (Phi) is 5.11. The molecule has 2 rings (SSSR count). The number of morpholine rings is 1. The normalized spacial score (nSPS) is 18.1. The minimum Gasteiger partial charge on any atom is -0.369 e. The molecule has 0 bridgehead atoms. The molecular formula is C15H19N3O4. The van der Waals surface area contributed by atoms with Gasteiger partial charge in [0.05, 0.1) is 13.2 Å². The summed E-state index contributed by atoms with van der Waals surface area (Å²) < 4.78 is 5.18. The summed E-state index contributed by atoms with van der Waals surface area (Å²) in [7, 11) is 1.48. The van der Waals surface area contributed by atoms with Gasteiger partial charge in [-0.3, -0.25) is 14.4 Å². The number of rotatable bonds is 5. The molecule has 1 aliphatic rings. The first-order chi connectivity index (χ1) is 10.5. The van der Waals surface area contributed by atoms with Crippen LogP contribution in [0.5, 0.6) is 0 Å². The van der Waals surface area contributed by atoms with Gasteiger partial charge in [0.2, 0.25) is 17.7 Å². The zero-order valence-corrected chi connectivity index (χ0v) is 12.4. The minimum atomic E-state index is -0.745. The lowest BCUT2D eigenvalue weighted by molar-refractivity contribution is -0.159. The second-order valence-electron chi connectivity index (χ2n) is 5.20. The van der Waals surface area contributed by atoms with Gasteiger partial charge in [0, 0.05) is 13.6 Å². The van der Waals surface area contributed by atoms with E-state index in [0.29, 0.717) is 6.54 Å². The quantitative estimate of drug-likeness (QED) is 0.783. The van der Waals surface area contributed by atoms with Crippen molar-refractivity contribution in [1.29, 1.82) is 0 Å². The maximum atomic E-state index is 12.4. The molecule has 0 radical (unpaired) electrons. The molecule has 7 heteroatoms. The van der Waals surface area contributed by atoms with Gasteiger partial charge < -0.3 is 20.3 Å². The Hall–Kier alpha value is -2.41. The number of nitrogens with zero attached hydrogens (tertiary/aromatic N) is 2. The fraction of sp³-hybridized carbons (Fsp3) is 0.400. The highest BCUT2D eigenvalue weighted by atomic mass is 16.5. The molecule has 1 aromatic rings. The van der Waals surface area contributed by atoms with Crippen LogP contribution in [0.2, 0.25) is 0 Å². The van der Waals surface area contributed by atoms with Gasteiger partial charge >= 0.3 is 0 Å². The first-order valence-electron chi connectivity index (χ1n) is 6.93. The van der Waals surface area contributed by atoms with Gasteiger partial charge in [0.1, 0.15) is 12.6 Å². The molecule has 1 aliphatic heterocycles. The fourth-order valence-corrected chi connectivity index (χ4v) is 2.35. The van der Waals surface area contributed by atoms with Crippen molar-refractivity contribution in [2.45, 2.75) is 12.6 Å². The van der Waals surface area contributed by atoms with Gasteiger partial charge in [0.15, 0.2) is 0 Å². The van der Waals surface area contributed by atoms with Crippen LogP contribution in [0.15, 0.2) is 30.3 Å². The molecule has 22 heavy (non-hydrogen) atoms. The lowest BCUT2D eigenvalue weighted by Gasteiger charge is -2.36. The van der Waals surface area contributed by atoms with Gasteiger partial charge in [0.25, 0.3) is 0 Å². The van der Waals surface area contributed by atoms with Crippen molar-refractivity contribution in [1.82, 2.24) is 9.80 Å². The number of amides is 3. The molecule has 3 amide bonds. The molecule has 1 saturated heterocycles. The Morgan fingerprint density at radius 3 is 2.68 bits per heavy atom. The molecule has 1 aromatic carbocycles. The van der Waals surface area contributed by atoms with Crippen molar-refractivity contribution in [2.24, 2.45) is 5.73 Å². The highest BCUT2D eigenvalue weighted by Gasteiger charge is 2.35. The number of hydrogen-bond donors (Lipinski definition) is 1. The number of primary amides is 1. The Labute approximate surface area is 128 Å². The zero-order chi connectivity index (χ0) is 16.1. The summed E-state index contributed by atoms with van der Waals surface area (Å²) in [5, 5.41) is 0. The predicted octanol–water partition coefficient (Wildman–Crippen LogP) is -0.642. The maximum absolute atomic E-state index is 12.4. The maximum Gasteiger partial charge on any atom is 0.249 e. The van der Waals surface area contributed by atoms with E-state index in [1.807, 2.05) is 30.3 Å². The van der Waals surface area contributed by atoms with E-state index in [-0.39, 0.29) is 31.6 Å². The molecule has 0 aromatic heterocycles. The molecule has 1 atom stereocenters. The fourth-order valence-electron chi connectivity index (χ4n) is 2.35. The van der Waals surface area contributed by atoms with Crippen molar-refractivity contribution in [3.63, 3.8) is 0 Å². The Bertz CT molecular complexity index is 561. The van der Waals surface area contributed by atoms with E-state index in [1.165, 1.54) is 16.8 Å². The van der Waals surface area contributed by atoms with Crippen LogP contribution in [0, 0.1) is 0 Å². The number of benzene rings is 1. The SMILES string of the molecule is CN(CC(N)=O)C(=O)[C@@H]1COCC(=O)N1Cc1ccccc1. The standard InChI is InChI=1S/C15H19N3O4/c1-17(8-13(16)19)15(21)12-9-22-10-14(20)18(12)7-11-5-3-2-4-6-11/h2-6,12H,7-10H2,1H3,(H2,16,19)/t12-/m0/s1. The van der Waals surface area contributed by atoms with E-state index in [1.54, 1.807) is 0 Å². The molecule has 1 fully saturated rings. The average Bonchev–Trinajstić information content (AvgIpc) is 2.49. The van der Waals surface area contributed by atoms with Crippen LogP contribution in [0.4, 0.5) is 0 Å². The van der Waals surface area contributed by atoms with Crippen molar-refractivity contribution in [3.8, 4) is 0 Å². The second kappa shape index (κ2) is 7.04. The molecule has 2 N–H and O–H groups in total. The first kappa shape index (κ1) is 16.0. The van der Waals surface area contributed by atoms with Crippen LogP contribution in [0.25, 0.3) is 0 Å². The summed E-state index contributed by atoms with van der Waals surface area (Å²) in [5.41, 5.74) is 6.03. The zero-order valence-electron chi connectivity index (χ0n) is 12.4. The summed E-state index contributed by atoms with van der Waals surface area (Å²) in [6, 6.07) is 8.65. The number of carbonyl (C=O) groups is 3. The summed E-state index contributed by atoms with van der Waals surface area (Å²) in [6.07, 6.45) is 0. The Morgan fingerprint density at radius 1 is 1.36 bits per heavy atom. The Morgan fingerprint density at radius 2 is 2.05 bits per heavy atom. The molecular weight excluding hydrogens is 286 g/mol. The number of ether oxygens (including phenoxy) is 1. The molecule has 0 spiro atoms. The largest absolute Gasteiger partial charge is 0.369 e. The first-order valence-corrected chi connectivity index (χ1v) is 6.93. The van der Waals surface area contributed by atoms with Crippen LogP contribution in [0.1, 0.15) is 5.56 Å². The van der Waals surface area contributed by atoms with Crippen molar-refractivity contribution >= 4 is 17.7 Å². The third kappa shape index (κ3) is 3.82. The molecule has 0 unspecified atom stereocenters. The molecule has 1 heterocycles. The van der Waals surface area contributed by atoms with Crippen LogP contribution < -0.4 is 5.73 Å². The summed E-state index contributed by atoms with van der Waals surface area (Å²) in [5.74, 6) is -1.21. The highest BCUT2D eigenvalue weighted by molar-refractivity contribution is 5.91.